The Hall–Kier alpha value is -0.300. The van der Waals surface area contributed by atoms with Crippen LogP contribution in [0.4, 0.5) is 0 Å². The van der Waals surface area contributed by atoms with E-state index in [0.717, 1.165) is 57.1 Å². The summed E-state index contributed by atoms with van der Waals surface area (Å²) in [7, 11) is 0. The van der Waals surface area contributed by atoms with E-state index in [0.29, 0.717) is 6.54 Å². The number of aliphatic hydroxyl groups is 1. The Kier molecular flexibility index (Phi) is 9.28. The van der Waals surface area contributed by atoms with Gasteiger partial charge in [-0.3, -0.25) is 9.69 Å². The predicted octanol–water partition coefficient (Wildman–Crippen LogP) is -0.486. The van der Waals surface area contributed by atoms with Crippen LogP contribution in [-0.4, -0.2) is 73.3 Å². The van der Waals surface area contributed by atoms with Crippen LogP contribution < -0.4 is 10.6 Å². The Morgan fingerprint density at radius 1 is 1.33 bits per heavy atom. The molecule has 18 heavy (non-hydrogen) atoms. The third-order valence-corrected chi connectivity index (χ3v) is 3.89. The van der Waals surface area contributed by atoms with Gasteiger partial charge >= 0.3 is 0 Å². The van der Waals surface area contributed by atoms with Crippen LogP contribution in [-0.2, 0) is 4.79 Å². The van der Waals surface area contributed by atoms with Crippen molar-refractivity contribution in [2.45, 2.75) is 12.8 Å². The highest BCUT2D eigenvalue weighted by Crippen LogP contribution is 2.00. The fourth-order valence-electron chi connectivity index (χ4n) is 1.85. The number of hydrogen-bond acceptors (Lipinski definition) is 5. The molecule has 0 aromatic rings. The van der Waals surface area contributed by atoms with Crippen molar-refractivity contribution in [1.29, 1.82) is 0 Å². The number of thioether (sulfide) groups is 1. The molecule has 0 aliphatic carbocycles. The average molecular weight is 275 g/mol. The maximum absolute atomic E-state index is 11.7. The van der Waals surface area contributed by atoms with Crippen LogP contribution in [0.2, 0.25) is 0 Å². The van der Waals surface area contributed by atoms with Crippen molar-refractivity contribution in [3.8, 4) is 0 Å². The predicted molar refractivity (Wildman–Crippen MR) is 76.0 cm³/mol. The van der Waals surface area contributed by atoms with Gasteiger partial charge in [-0.25, -0.2) is 0 Å². The minimum atomic E-state index is 0.125. The van der Waals surface area contributed by atoms with Crippen molar-refractivity contribution < 1.29 is 9.90 Å². The van der Waals surface area contributed by atoms with Gasteiger partial charge in [-0.2, -0.15) is 11.8 Å². The van der Waals surface area contributed by atoms with Gasteiger partial charge in [0, 0.05) is 32.0 Å². The number of amides is 1. The van der Waals surface area contributed by atoms with Crippen molar-refractivity contribution in [2.75, 3.05) is 57.4 Å². The van der Waals surface area contributed by atoms with Gasteiger partial charge in [0.05, 0.1) is 6.54 Å². The maximum Gasteiger partial charge on any atom is 0.234 e. The second-order valence-corrected chi connectivity index (χ2v) is 5.64. The molecule has 1 fully saturated rings. The lowest BCUT2D eigenvalue weighted by atomic mass is 10.4. The molecule has 0 atom stereocenters. The van der Waals surface area contributed by atoms with Crippen LogP contribution in [0.25, 0.3) is 0 Å². The number of nitrogens with zero attached hydrogens (tertiary/aromatic N) is 1. The summed E-state index contributed by atoms with van der Waals surface area (Å²) < 4.78 is 0. The number of carbonyl (C=O) groups is 1. The Bertz CT molecular complexity index is 221. The van der Waals surface area contributed by atoms with Crippen molar-refractivity contribution >= 4 is 17.7 Å². The van der Waals surface area contributed by atoms with Gasteiger partial charge in [0.2, 0.25) is 5.91 Å². The quantitative estimate of drug-likeness (QED) is 0.522. The zero-order valence-electron chi connectivity index (χ0n) is 11.0. The van der Waals surface area contributed by atoms with Crippen LogP contribution >= 0.6 is 11.8 Å². The lowest BCUT2D eigenvalue weighted by Crippen LogP contribution is -2.39. The standard InChI is InChI=1S/C12H25N3O2S/c16-8-2-9-18-10-5-14-12(17)11-15-6-1-3-13-4-7-15/h13,16H,1-11H2,(H,14,17). The summed E-state index contributed by atoms with van der Waals surface area (Å²) in [6, 6.07) is 0. The topological polar surface area (TPSA) is 64.6 Å². The first-order valence-electron chi connectivity index (χ1n) is 6.71. The van der Waals surface area contributed by atoms with Crippen LogP contribution in [0.5, 0.6) is 0 Å². The molecule has 6 heteroatoms. The highest BCUT2D eigenvalue weighted by molar-refractivity contribution is 7.99. The van der Waals surface area contributed by atoms with Gasteiger partial charge in [0.25, 0.3) is 0 Å². The molecule has 0 unspecified atom stereocenters. The van der Waals surface area contributed by atoms with Crippen molar-refractivity contribution in [1.82, 2.24) is 15.5 Å². The van der Waals surface area contributed by atoms with E-state index in [9.17, 15) is 4.79 Å². The molecule has 1 aliphatic rings. The molecule has 0 saturated carbocycles. The molecule has 0 radical (unpaired) electrons. The van der Waals surface area contributed by atoms with Crippen LogP contribution in [0.1, 0.15) is 12.8 Å². The Morgan fingerprint density at radius 2 is 2.22 bits per heavy atom. The summed E-state index contributed by atoms with van der Waals surface area (Å²) >= 11 is 1.77. The zero-order valence-corrected chi connectivity index (χ0v) is 11.8. The normalized spacial score (nSPS) is 17.4. The third-order valence-electron chi connectivity index (χ3n) is 2.82. The molecule has 0 spiro atoms. The molecule has 106 valence electrons. The van der Waals surface area contributed by atoms with Gasteiger partial charge in [0.1, 0.15) is 0 Å². The van der Waals surface area contributed by atoms with E-state index in [4.69, 9.17) is 5.11 Å². The van der Waals surface area contributed by atoms with Crippen molar-refractivity contribution in [3.63, 3.8) is 0 Å². The first kappa shape index (κ1) is 15.8. The average Bonchev–Trinajstić information content (AvgIpc) is 2.62. The van der Waals surface area contributed by atoms with Gasteiger partial charge in [0.15, 0.2) is 0 Å². The van der Waals surface area contributed by atoms with E-state index < -0.39 is 0 Å². The molecule has 1 saturated heterocycles. The largest absolute Gasteiger partial charge is 0.396 e. The summed E-state index contributed by atoms with van der Waals surface area (Å²) in [5.74, 6) is 2.01. The van der Waals surface area contributed by atoms with Crippen LogP contribution in [0, 0.1) is 0 Å². The van der Waals surface area contributed by atoms with Gasteiger partial charge in [-0.15, -0.1) is 0 Å². The van der Waals surface area contributed by atoms with Crippen molar-refractivity contribution in [2.24, 2.45) is 0 Å². The smallest absolute Gasteiger partial charge is 0.234 e. The lowest BCUT2D eigenvalue weighted by Gasteiger charge is -2.18. The monoisotopic (exact) mass is 275 g/mol. The Balaban J connectivity index is 1.98. The first-order chi connectivity index (χ1) is 8.83. The lowest BCUT2D eigenvalue weighted by molar-refractivity contribution is -0.122. The molecule has 0 aromatic heterocycles. The Labute approximate surface area is 114 Å². The fourth-order valence-corrected chi connectivity index (χ4v) is 2.63. The van der Waals surface area contributed by atoms with Crippen LogP contribution in [0.15, 0.2) is 0 Å². The molecular formula is C12H25N3O2S. The van der Waals surface area contributed by atoms with Crippen molar-refractivity contribution in [3.05, 3.63) is 0 Å². The summed E-state index contributed by atoms with van der Waals surface area (Å²) in [5.41, 5.74) is 0. The molecule has 1 rings (SSSR count). The van der Waals surface area contributed by atoms with E-state index in [1.807, 2.05) is 0 Å². The van der Waals surface area contributed by atoms with Gasteiger partial charge in [-0.05, 0) is 31.7 Å². The SMILES string of the molecule is O=C(CN1CCCNCC1)NCCSCCCO. The molecule has 0 aromatic carbocycles. The third kappa shape index (κ3) is 7.92. The molecular weight excluding hydrogens is 250 g/mol. The van der Waals surface area contributed by atoms with E-state index >= 15 is 0 Å². The molecule has 5 nitrogen and oxygen atoms in total. The molecule has 0 bridgehead atoms. The summed E-state index contributed by atoms with van der Waals surface area (Å²) in [6.07, 6.45) is 1.95. The summed E-state index contributed by atoms with van der Waals surface area (Å²) in [6.45, 7) is 5.49. The van der Waals surface area contributed by atoms with E-state index in [-0.39, 0.29) is 12.5 Å². The summed E-state index contributed by atoms with van der Waals surface area (Å²) in [4.78, 5) is 13.9. The number of nitrogens with one attached hydrogen (secondary N) is 2. The van der Waals surface area contributed by atoms with Gasteiger partial charge in [-0.1, -0.05) is 0 Å². The highest BCUT2D eigenvalue weighted by atomic mass is 32.2. The zero-order chi connectivity index (χ0) is 13.1. The number of aliphatic hydroxyl groups excluding tert-OH is 1. The Morgan fingerprint density at radius 3 is 3.06 bits per heavy atom. The van der Waals surface area contributed by atoms with E-state index in [1.165, 1.54) is 0 Å². The number of hydrogen-bond donors (Lipinski definition) is 3. The number of carbonyl (C=O) groups excluding carboxylic acids is 1. The number of rotatable bonds is 8. The van der Waals surface area contributed by atoms with Gasteiger partial charge < -0.3 is 15.7 Å². The van der Waals surface area contributed by atoms with E-state index in [2.05, 4.69) is 15.5 Å². The molecule has 1 amide bonds. The van der Waals surface area contributed by atoms with E-state index in [1.54, 1.807) is 11.8 Å². The second kappa shape index (κ2) is 10.6. The molecule has 1 heterocycles. The highest BCUT2D eigenvalue weighted by Gasteiger charge is 2.11. The second-order valence-electron chi connectivity index (χ2n) is 4.42. The maximum atomic E-state index is 11.7. The molecule has 1 aliphatic heterocycles. The minimum absolute atomic E-state index is 0.125. The minimum Gasteiger partial charge on any atom is -0.396 e. The first-order valence-corrected chi connectivity index (χ1v) is 7.87. The van der Waals surface area contributed by atoms with Crippen LogP contribution in [0.3, 0.4) is 0 Å². The fraction of sp³-hybridized carbons (Fsp3) is 0.917. The summed E-state index contributed by atoms with van der Waals surface area (Å²) in [5, 5.41) is 14.9. The molecule has 3 N–H and O–H groups in total.